The largest absolute Gasteiger partial charge is 0.380 e. The van der Waals surface area contributed by atoms with E-state index in [9.17, 15) is 4.79 Å². The molecule has 78 valence electrons. The molecule has 5 heteroatoms. The Bertz CT molecular complexity index is 144. The summed E-state index contributed by atoms with van der Waals surface area (Å²) < 4.78 is 5.30. The number of urea groups is 1. The van der Waals surface area contributed by atoms with Crippen molar-refractivity contribution in [3.8, 4) is 0 Å². The van der Waals surface area contributed by atoms with Crippen LogP contribution >= 0.6 is 12.6 Å². The van der Waals surface area contributed by atoms with Crippen molar-refractivity contribution in [1.82, 2.24) is 5.32 Å². The van der Waals surface area contributed by atoms with Crippen LogP contribution in [-0.4, -0.2) is 31.0 Å². The lowest BCUT2D eigenvalue weighted by Gasteiger charge is -2.10. The van der Waals surface area contributed by atoms with E-state index < -0.39 is 6.03 Å². The second-order valence-electron chi connectivity index (χ2n) is 2.83. The Balaban J connectivity index is 3.19. The highest BCUT2D eigenvalue weighted by molar-refractivity contribution is 7.81. The van der Waals surface area contributed by atoms with Crippen LogP contribution in [0.2, 0.25) is 0 Å². The molecule has 1 atom stereocenters. The molecular formula is C8H18N2O2S. The smallest absolute Gasteiger partial charge is 0.312 e. The van der Waals surface area contributed by atoms with Gasteiger partial charge in [-0.3, -0.25) is 0 Å². The number of nitrogens with one attached hydrogen (secondary N) is 1. The molecule has 0 aliphatic carbocycles. The van der Waals surface area contributed by atoms with Crippen LogP contribution in [-0.2, 0) is 4.74 Å². The number of unbranched alkanes of at least 4 members (excludes halogenated alkanes) is 1. The molecule has 0 aromatic heterocycles. The van der Waals surface area contributed by atoms with Crippen molar-refractivity contribution in [3.05, 3.63) is 0 Å². The standard InChI is InChI=1S/C8H18N2O2S/c1-2-3-4-12-6-7(13)5-10-8(9)11/h7,13H,2-6H2,1H3,(H3,9,10,11)/t7-/m0/s1. The maximum atomic E-state index is 10.3. The number of amides is 2. The first-order chi connectivity index (χ1) is 6.16. The summed E-state index contributed by atoms with van der Waals surface area (Å²) in [5, 5.41) is 2.49. The van der Waals surface area contributed by atoms with E-state index in [-0.39, 0.29) is 5.25 Å². The Labute approximate surface area is 84.6 Å². The molecule has 3 N–H and O–H groups in total. The van der Waals surface area contributed by atoms with E-state index in [0.29, 0.717) is 13.2 Å². The van der Waals surface area contributed by atoms with Gasteiger partial charge < -0.3 is 15.8 Å². The summed E-state index contributed by atoms with van der Waals surface area (Å²) in [6.45, 7) is 3.86. The zero-order chi connectivity index (χ0) is 10.1. The number of ether oxygens (including phenoxy) is 1. The number of hydrogen-bond donors (Lipinski definition) is 3. The third kappa shape index (κ3) is 9.49. The molecule has 0 bridgehead atoms. The highest BCUT2D eigenvalue weighted by Gasteiger charge is 2.03. The molecule has 0 aliphatic rings. The normalized spacial score (nSPS) is 12.5. The molecule has 0 aromatic rings. The Kier molecular flexibility index (Phi) is 7.93. The number of nitrogens with two attached hydrogens (primary N) is 1. The van der Waals surface area contributed by atoms with E-state index in [2.05, 4.69) is 24.9 Å². The second kappa shape index (κ2) is 8.19. The van der Waals surface area contributed by atoms with E-state index in [4.69, 9.17) is 10.5 Å². The van der Waals surface area contributed by atoms with Crippen molar-refractivity contribution in [2.24, 2.45) is 5.73 Å². The molecule has 0 unspecified atom stereocenters. The van der Waals surface area contributed by atoms with Gasteiger partial charge >= 0.3 is 6.03 Å². The van der Waals surface area contributed by atoms with Crippen LogP contribution in [0.4, 0.5) is 4.79 Å². The van der Waals surface area contributed by atoms with E-state index in [1.165, 1.54) is 0 Å². The van der Waals surface area contributed by atoms with Crippen molar-refractivity contribution in [3.63, 3.8) is 0 Å². The molecule has 0 radical (unpaired) electrons. The monoisotopic (exact) mass is 206 g/mol. The number of rotatable bonds is 7. The predicted molar refractivity (Wildman–Crippen MR) is 56.1 cm³/mol. The van der Waals surface area contributed by atoms with Gasteiger partial charge in [-0.05, 0) is 6.42 Å². The summed E-state index contributed by atoms with van der Waals surface area (Å²) >= 11 is 4.21. The first kappa shape index (κ1) is 12.6. The third-order valence-electron chi connectivity index (χ3n) is 1.46. The van der Waals surface area contributed by atoms with Gasteiger partial charge in [0.15, 0.2) is 0 Å². The Morgan fingerprint density at radius 3 is 2.92 bits per heavy atom. The summed E-state index contributed by atoms with van der Waals surface area (Å²) in [5.41, 5.74) is 4.89. The first-order valence-corrected chi connectivity index (χ1v) is 4.97. The fourth-order valence-corrected chi connectivity index (χ4v) is 0.940. The van der Waals surface area contributed by atoms with Crippen LogP contribution in [0, 0.1) is 0 Å². The van der Waals surface area contributed by atoms with Gasteiger partial charge in [-0.15, -0.1) is 0 Å². The fraction of sp³-hybridized carbons (Fsp3) is 0.875. The molecule has 13 heavy (non-hydrogen) atoms. The van der Waals surface area contributed by atoms with Gasteiger partial charge in [0, 0.05) is 18.4 Å². The molecule has 0 heterocycles. The highest BCUT2D eigenvalue weighted by atomic mass is 32.1. The van der Waals surface area contributed by atoms with Crippen molar-refractivity contribution in [2.45, 2.75) is 25.0 Å². The summed E-state index contributed by atoms with van der Waals surface area (Å²) in [7, 11) is 0. The highest BCUT2D eigenvalue weighted by Crippen LogP contribution is 1.96. The predicted octanol–water partition coefficient (Wildman–Crippen LogP) is 0.770. The van der Waals surface area contributed by atoms with Crippen LogP contribution in [0.15, 0.2) is 0 Å². The van der Waals surface area contributed by atoms with Gasteiger partial charge in [-0.1, -0.05) is 13.3 Å². The van der Waals surface area contributed by atoms with Crippen LogP contribution < -0.4 is 11.1 Å². The van der Waals surface area contributed by atoms with Crippen molar-refractivity contribution in [1.29, 1.82) is 0 Å². The number of carbonyl (C=O) groups is 1. The fourth-order valence-electron chi connectivity index (χ4n) is 0.743. The molecule has 0 rings (SSSR count). The summed E-state index contributed by atoms with van der Waals surface area (Å²) in [6, 6.07) is -0.521. The number of primary amides is 1. The van der Waals surface area contributed by atoms with Crippen molar-refractivity contribution < 1.29 is 9.53 Å². The van der Waals surface area contributed by atoms with Gasteiger partial charge in [0.1, 0.15) is 0 Å². The maximum Gasteiger partial charge on any atom is 0.312 e. The molecular weight excluding hydrogens is 188 g/mol. The van der Waals surface area contributed by atoms with Crippen LogP contribution in [0.5, 0.6) is 0 Å². The quantitative estimate of drug-likeness (QED) is 0.425. The van der Waals surface area contributed by atoms with Crippen molar-refractivity contribution in [2.75, 3.05) is 19.8 Å². The second-order valence-corrected chi connectivity index (χ2v) is 3.56. The minimum Gasteiger partial charge on any atom is -0.380 e. The molecule has 0 saturated carbocycles. The van der Waals surface area contributed by atoms with E-state index in [0.717, 1.165) is 19.4 Å². The lowest BCUT2D eigenvalue weighted by molar-refractivity contribution is 0.132. The SMILES string of the molecule is CCCCOC[C@@H](S)CNC(N)=O. The number of hydrogen-bond acceptors (Lipinski definition) is 3. The summed E-state index contributed by atoms with van der Waals surface area (Å²) in [5.74, 6) is 0. The van der Waals surface area contributed by atoms with Gasteiger partial charge in [0.05, 0.1) is 6.61 Å². The van der Waals surface area contributed by atoms with Crippen LogP contribution in [0.1, 0.15) is 19.8 Å². The molecule has 4 nitrogen and oxygen atoms in total. The summed E-state index contributed by atoms with van der Waals surface area (Å²) in [6.07, 6.45) is 2.18. The average molecular weight is 206 g/mol. The number of carbonyl (C=O) groups excluding carboxylic acids is 1. The lowest BCUT2D eigenvalue weighted by Crippen LogP contribution is -2.35. The molecule has 0 fully saturated rings. The van der Waals surface area contributed by atoms with Crippen LogP contribution in [0.3, 0.4) is 0 Å². The number of thiol groups is 1. The molecule has 2 amide bonds. The molecule has 0 spiro atoms. The Morgan fingerprint density at radius 2 is 2.38 bits per heavy atom. The zero-order valence-corrected chi connectivity index (χ0v) is 8.85. The summed E-state index contributed by atoms with van der Waals surface area (Å²) in [4.78, 5) is 10.3. The van der Waals surface area contributed by atoms with Crippen LogP contribution in [0.25, 0.3) is 0 Å². The maximum absolute atomic E-state index is 10.3. The lowest BCUT2D eigenvalue weighted by atomic mass is 10.3. The molecule has 0 aromatic carbocycles. The topological polar surface area (TPSA) is 64.3 Å². The minimum absolute atomic E-state index is 0.0179. The van der Waals surface area contributed by atoms with E-state index >= 15 is 0 Å². The van der Waals surface area contributed by atoms with E-state index in [1.54, 1.807) is 0 Å². The minimum atomic E-state index is -0.521. The molecule has 0 aliphatic heterocycles. The van der Waals surface area contributed by atoms with Gasteiger partial charge in [-0.25, -0.2) is 4.79 Å². The third-order valence-corrected chi connectivity index (χ3v) is 1.80. The van der Waals surface area contributed by atoms with Gasteiger partial charge in [0.25, 0.3) is 0 Å². The van der Waals surface area contributed by atoms with E-state index in [1.807, 2.05) is 0 Å². The Hall–Kier alpha value is -0.420. The van der Waals surface area contributed by atoms with Gasteiger partial charge in [0.2, 0.25) is 0 Å². The van der Waals surface area contributed by atoms with Crippen molar-refractivity contribution >= 4 is 18.7 Å². The molecule has 0 saturated heterocycles. The average Bonchev–Trinajstić information content (AvgIpc) is 2.09. The first-order valence-electron chi connectivity index (χ1n) is 4.46. The zero-order valence-electron chi connectivity index (χ0n) is 7.95. The Morgan fingerprint density at radius 1 is 1.69 bits per heavy atom. The van der Waals surface area contributed by atoms with Gasteiger partial charge in [-0.2, -0.15) is 12.6 Å².